The number of benzene rings is 1. The van der Waals surface area contributed by atoms with Crippen LogP contribution >= 0.6 is 0 Å². The zero-order valence-electron chi connectivity index (χ0n) is 12.3. The van der Waals surface area contributed by atoms with Gasteiger partial charge in [-0.05, 0) is 51.1 Å². The van der Waals surface area contributed by atoms with Gasteiger partial charge >= 0.3 is 0 Å². The summed E-state index contributed by atoms with van der Waals surface area (Å²) in [4.78, 5) is 11.7. The quantitative estimate of drug-likeness (QED) is 0.764. The van der Waals surface area contributed by atoms with Crippen molar-refractivity contribution in [3.8, 4) is 5.75 Å². The van der Waals surface area contributed by atoms with Gasteiger partial charge in [0.25, 0.3) is 0 Å². The van der Waals surface area contributed by atoms with Gasteiger partial charge in [-0.15, -0.1) is 0 Å². The Hall–Kier alpha value is -2.56. The molecule has 0 unspecified atom stereocenters. The SMILES string of the molecule is Cc1cc2c(Nc3ccc(OC(C)C)cc3)ncnc2[nH]1. The van der Waals surface area contributed by atoms with Gasteiger partial charge < -0.3 is 15.0 Å². The predicted octanol–water partition coefficient (Wildman–Crippen LogP) is 3.80. The molecule has 0 saturated heterocycles. The molecular formula is C16H18N4O. The molecule has 0 aliphatic carbocycles. The molecule has 108 valence electrons. The molecule has 0 bridgehead atoms. The van der Waals surface area contributed by atoms with Gasteiger partial charge in [-0.1, -0.05) is 0 Å². The summed E-state index contributed by atoms with van der Waals surface area (Å²) < 4.78 is 5.63. The van der Waals surface area contributed by atoms with Gasteiger partial charge in [-0.2, -0.15) is 0 Å². The summed E-state index contributed by atoms with van der Waals surface area (Å²) in [6.07, 6.45) is 1.73. The highest BCUT2D eigenvalue weighted by Gasteiger charge is 2.06. The van der Waals surface area contributed by atoms with Gasteiger partial charge in [0.2, 0.25) is 0 Å². The van der Waals surface area contributed by atoms with Crippen LogP contribution in [0.5, 0.6) is 5.75 Å². The van der Waals surface area contributed by atoms with Crippen LogP contribution in [0.25, 0.3) is 11.0 Å². The Labute approximate surface area is 123 Å². The van der Waals surface area contributed by atoms with Crippen LogP contribution in [0.3, 0.4) is 0 Å². The predicted molar refractivity (Wildman–Crippen MR) is 84.1 cm³/mol. The average molecular weight is 282 g/mol. The van der Waals surface area contributed by atoms with E-state index < -0.39 is 0 Å². The number of aryl methyl sites for hydroxylation is 1. The van der Waals surface area contributed by atoms with E-state index in [0.29, 0.717) is 0 Å². The standard InChI is InChI=1S/C16H18N4O/c1-10(2)21-13-6-4-12(5-7-13)20-16-14-8-11(3)19-15(14)17-9-18-16/h4-10H,1-3H3,(H2,17,18,19,20). The van der Waals surface area contributed by atoms with Crippen molar-refractivity contribution < 1.29 is 4.74 Å². The molecule has 2 aromatic heterocycles. The Morgan fingerprint density at radius 3 is 2.62 bits per heavy atom. The summed E-state index contributed by atoms with van der Waals surface area (Å²) in [5.74, 6) is 1.66. The number of anilines is 2. The van der Waals surface area contributed by atoms with Crippen molar-refractivity contribution in [2.24, 2.45) is 0 Å². The molecule has 21 heavy (non-hydrogen) atoms. The fourth-order valence-corrected chi connectivity index (χ4v) is 2.20. The minimum absolute atomic E-state index is 0.174. The van der Waals surface area contributed by atoms with Crippen LogP contribution in [0.2, 0.25) is 0 Å². The minimum atomic E-state index is 0.174. The van der Waals surface area contributed by atoms with Crippen LogP contribution in [0.4, 0.5) is 11.5 Å². The van der Waals surface area contributed by atoms with E-state index in [1.807, 2.05) is 51.1 Å². The number of hydrogen-bond donors (Lipinski definition) is 2. The molecule has 2 N–H and O–H groups in total. The van der Waals surface area contributed by atoms with Crippen molar-refractivity contribution in [3.63, 3.8) is 0 Å². The largest absolute Gasteiger partial charge is 0.491 e. The van der Waals surface area contributed by atoms with Crippen molar-refractivity contribution in [2.75, 3.05) is 5.32 Å². The van der Waals surface area contributed by atoms with Gasteiger partial charge in [-0.25, -0.2) is 9.97 Å². The number of fused-ring (bicyclic) bond motifs is 1. The molecule has 0 aliphatic rings. The van der Waals surface area contributed by atoms with Crippen molar-refractivity contribution in [1.82, 2.24) is 15.0 Å². The van der Waals surface area contributed by atoms with E-state index in [2.05, 4.69) is 20.3 Å². The molecule has 5 nitrogen and oxygen atoms in total. The third-order valence-corrected chi connectivity index (χ3v) is 3.05. The summed E-state index contributed by atoms with van der Waals surface area (Å²) in [6, 6.07) is 9.89. The first-order valence-electron chi connectivity index (χ1n) is 6.96. The lowest BCUT2D eigenvalue weighted by Gasteiger charge is -2.11. The summed E-state index contributed by atoms with van der Waals surface area (Å²) in [6.45, 7) is 6.03. The topological polar surface area (TPSA) is 62.8 Å². The van der Waals surface area contributed by atoms with Gasteiger partial charge in [0.1, 0.15) is 23.5 Å². The Morgan fingerprint density at radius 2 is 1.90 bits per heavy atom. The van der Waals surface area contributed by atoms with Crippen LogP contribution < -0.4 is 10.1 Å². The Balaban J connectivity index is 1.85. The maximum atomic E-state index is 5.63. The van der Waals surface area contributed by atoms with E-state index in [0.717, 1.165) is 34.0 Å². The highest BCUT2D eigenvalue weighted by Crippen LogP contribution is 2.25. The maximum Gasteiger partial charge on any atom is 0.143 e. The Bertz CT molecular complexity index is 747. The number of nitrogens with zero attached hydrogens (tertiary/aromatic N) is 2. The second-order valence-corrected chi connectivity index (χ2v) is 5.25. The zero-order chi connectivity index (χ0) is 14.8. The maximum absolute atomic E-state index is 5.63. The normalized spacial score (nSPS) is 11.0. The van der Waals surface area contributed by atoms with Crippen molar-refractivity contribution >= 4 is 22.5 Å². The monoisotopic (exact) mass is 282 g/mol. The summed E-state index contributed by atoms with van der Waals surface area (Å²) in [7, 11) is 0. The average Bonchev–Trinajstić information content (AvgIpc) is 2.82. The lowest BCUT2D eigenvalue weighted by Crippen LogP contribution is -2.05. The molecule has 0 aliphatic heterocycles. The highest BCUT2D eigenvalue weighted by atomic mass is 16.5. The molecule has 0 spiro atoms. The van der Waals surface area contributed by atoms with Crippen molar-refractivity contribution in [2.45, 2.75) is 26.9 Å². The van der Waals surface area contributed by atoms with E-state index in [4.69, 9.17) is 4.74 Å². The molecule has 0 fully saturated rings. The van der Waals surface area contributed by atoms with E-state index in [9.17, 15) is 0 Å². The lowest BCUT2D eigenvalue weighted by molar-refractivity contribution is 0.242. The van der Waals surface area contributed by atoms with Gasteiger partial charge in [0.15, 0.2) is 0 Å². The van der Waals surface area contributed by atoms with E-state index >= 15 is 0 Å². The first-order valence-corrected chi connectivity index (χ1v) is 6.96. The van der Waals surface area contributed by atoms with Gasteiger partial charge in [0, 0.05) is 11.4 Å². The van der Waals surface area contributed by atoms with Crippen LogP contribution in [0.1, 0.15) is 19.5 Å². The lowest BCUT2D eigenvalue weighted by atomic mass is 10.3. The molecule has 0 radical (unpaired) electrons. The number of rotatable bonds is 4. The van der Waals surface area contributed by atoms with Gasteiger partial charge in [0.05, 0.1) is 11.5 Å². The Kier molecular flexibility index (Phi) is 3.48. The fraction of sp³-hybridized carbons (Fsp3) is 0.250. The molecule has 2 heterocycles. The summed E-state index contributed by atoms with van der Waals surface area (Å²) >= 11 is 0. The van der Waals surface area contributed by atoms with E-state index in [1.165, 1.54) is 0 Å². The molecule has 3 rings (SSSR count). The second kappa shape index (κ2) is 5.44. The van der Waals surface area contributed by atoms with Crippen LogP contribution in [-0.4, -0.2) is 21.1 Å². The molecular weight excluding hydrogens is 264 g/mol. The van der Waals surface area contributed by atoms with Gasteiger partial charge in [-0.3, -0.25) is 0 Å². The third kappa shape index (κ3) is 2.97. The number of nitrogens with one attached hydrogen (secondary N) is 2. The van der Waals surface area contributed by atoms with E-state index in [1.54, 1.807) is 6.33 Å². The molecule has 5 heteroatoms. The second-order valence-electron chi connectivity index (χ2n) is 5.25. The van der Waals surface area contributed by atoms with Crippen LogP contribution in [0.15, 0.2) is 36.7 Å². The Morgan fingerprint density at radius 1 is 1.14 bits per heavy atom. The molecule has 0 atom stereocenters. The summed E-state index contributed by atoms with van der Waals surface area (Å²) in [5, 5.41) is 4.30. The highest BCUT2D eigenvalue weighted by molar-refractivity contribution is 5.89. The third-order valence-electron chi connectivity index (χ3n) is 3.05. The van der Waals surface area contributed by atoms with Crippen molar-refractivity contribution in [3.05, 3.63) is 42.4 Å². The number of H-pyrrole nitrogens is 1. The first-order chi connectivity index (χ1) is 10.1. The number of ether oxygens (including phenoxy) is 1. The number of aromatic amines is 1. The first kappa shape index (κ1) is 13.4. The van der Waals surface area contributed by atoms with E-state index in [-0.39, 0.29) is 6.10 Å². The molecule has 0 amide bonds. The molecule has 1 aromatic carbocycles. The number of hydrogen-bond acceptors (Lipinski definition) is 4. The van der Waals surface area contributed by atoms with Crippen molar-refractivity contribution in [1.29, 1.82) is 0 Å². The van der Waals surface area contributed by atoms with Crippen LogP contribution in [0, 0.1) is 6.92 Å². The molecule has 3 aromatic rings. The minimum Gasteiger partial charge on any atom is -0.491 e. The number of aromatic nitrogens is 3. The van der Waals surface area contributed by atoms with Crippen LogP contribution in [-0.2, 0) is 0 Å². The summed E-state index contributed by atoms with van der Waals surface area (Å²) in [5.41, 5.74) is 2.86. The molecule has 0 saturated carbocycles. The zero-order valence-corrected chi connectivity index (χ0v) is 12.3. The fourth-order valence-electron chi connectivity index (χ4n) is 2.20. The smallest absolute Gasteiger partial charge is 0.143 e.